The van der Waals surface area contributed by atoms with Gasteiger partial charge in [-0.25, -0.2) is 4.79 Å². The Morgan fingerprint density at radius 3 is 2.48 bits per heavy atom. The van der Waals surface area contributed by atoms with Crippen LogP contribution in [0.2, 0.25) is 0 Å². The number of amides is 2. The third kappa shape index (κ3) is 4.88. The van der Waals surface area contributed by atoms with Gasteiger partial charge in [-0.15, -0.1) is 0 Å². The predicted molar refractivity (Wildman–Crippen MR) is 112 cm³/mol. The largest absolute Gasteiger partial charge is 0.450 e. The number of ether oxygens (including phenoxy) is 2. The monoisotopic (exact) mass is 409 g/mol. The van der Waals surface area contributed by atoms with Crippen LogP contribution in [0.1, 0.15) is 52.9 Å². The van der Waals surface area contributed by atoms with E-state index in [0.29, 0.717) is 36.6 Å². The van der Waals surface area contributed by atoms with E-state index in [-0.39, 0.29) is 12.1 Å². The lowest BCUT2D eigenvalue weighted by Crippen LogP contribution is -2.57. The molecular formula is C22H39N3O4. The molecule has 3 fully saturated rings. The summed E-state index contributed by atoms with van der Waals surface area (Å²) in [6.07, 6.45) is 6.41. The average molecular weight is 410 g/mol. The molecule has 1 saturated carbocycles. The van der Waals surface area contributed by atoms with Gasteiger partial charge in [0.1, 0.15) is 0 Å². The van der Waals surface area contributed by atoms with Crippen molar-refractivity contribution < 1.29 is 19.1 Å². The van der Waals surface area contributed by atoms with Crippen LogP contribution in [0.3, 0.4) is 0 Å². The maximum Gasteiger partial charge on any atom is 0.409 e. The van der Waals surface area contributed by atoms with Crippen LogP contribution in [-0.2, 0) is 14.3 Å². The maximum absolute atomic E-state index is 12.0. The summed E-state index contributed by atoms with van der Waals surface area (Å²) in [6.45, 7) is 11.0. The number of rotatable bonds is 8. The van der Waals surface area contributed by atoms with Crippen LogP contribution in [0.15, 0.2) is 0 Å². The van der Waals surface area contributed by atoms with E-state index in [9.17, 15) is 9.59 Å². The normalized spacial score (nSPS) is 29.1. The number of carbonyl (C=O) groups is 2. The van der Waals surface area contributed by atoms with Gasteiger partial charge in [-0.1, -0.05) is 13.8 Å². The zero-order valence-corrected chi connectivity index (χ0v) is 18.6. The fourth-order valence-electron chi connectivity index (χ4n) is 5.61. The second kappa shape index (κ2) is 9.65. The van der Waals surface area contributed by atoms with E-state index in [1.165, 1.54) is 12.8 Å². The van der Waals surface area contributed by atoms with Gasteiger partial charge in [-0.05, 0) is 50.4 Å². The van der Waals surface area contributed by atoms with Gasteiger partial charge in [-0.3, -0.25) is 4.79 Å². The third-order valence-corrected chi connectivity index (χ3v) is 7.35. The lowest BCUT2D eigenvalue weighted by Gasteiger charge is -2.52. The fourth-order valence-corrected chi connectivity index (χ4v) is 5.61. The van der Waals surface area contributed by atoms with Gasteiger partial charge in [-0.2, -0.15) is 0 Å². The number of piperidine rings is 1. The molecule has 1 atom stereocenters. The van der Waals surface area contributed by atoms with Crippen LogP contribution in [0, 0.1) is 11.3 Å². The molecule has 0 bridgehead atoms. The van der Waals surface area contributed by atoms with Gasteiger partial charge in [0.25, 0.3) is 0 Å². The van der Waals surface area contributed by atoms with E-state index in [1.54, 1.807) is 7.11 Å². The zero-order chi connectivity index (χ0) is 21.0. The highest BCUT2D eigenvalue weighted by atomic mass is 16.6. The Labute approximate surface area is 175 Å². The molecule has 0 aromatic heterocycles. The van der Waals surface area contributed by atoms with Crippen LogP contribution in [0.25, 0.3) is 0 Å². The van der Waals surface area contributed by atoms with E-state index in [1.807, 2.05) is 16.7 Å². The van der Waals surface area contributed by atoms with Crippen molar-refractivity contribution in [1.29, 1.82) is 0 Å². The summed E-state index contributed by atoms with van der Waals surface area (Å²) >= 11 is 0. The van der Waals surface area contributed by atoms with Crippen LogP contribution in [0.5, 0.6) is 0 Å². The Bertz CT molecular complexity index is 556. The van der Waals surface area contributed by atoms with Crippen molar-refractivity contribution in [2.45, 2.75) is 71.0 Å². The van der Waals surface area contributed by atoms with E-state index in [0.717, 1.165) is 51.9 Å². The molecule has 166 valence electrons. The second-order valence-corrected chi connectivity index (χ2v) is 9.52. The standard InChI is InChI=1S/C22H39N3O4/c1-5-29-21(27)24-11-8-22(15-24)12-19(13-22)23-9-6-18(7-10-23)25(16-26)20(14-28-4)17(2)3/h16-20H,5-15H2,1-4H3. The highest BCUT2D eigenvalue weighted by molar-refractivity contribution is 5.68. The van der Waals surface area contributed by atoms with Crippen LogP contribution in [0.4, 0.5) is 4.79 Å². The Hall–Kier alpha value is -1.34. The highest BCUT2D eigenvalue weighted by Gasteiger charge is 2.51. The summed E-state index contributed by atoms with van der Waals surface area (Å²) in [5.74, 6) is 0.384. The van der Waals surface area contributed by atoms with E-state index in [4.69, 9.17) is 9.47 Å². The topological polar surface area (TPSA) is 62.3 Å². The summed E-state index contributed by atoms with van der Waals surface area (Å²) in [7, 11) is 1.71. The van der Waals surface area contributed by atoms with Gasteiger partial charge >= 0.3 is 6.09 Å². The van der Waals surface area contributed by atoms with Crippen LogP contribution in [-0.4, -0.2) is 91.8 Å². The first-order chi connectivity index (χ1) is 13.9. The van der Waals surface area contributed by atoms with Gasteiger partial charge in [0, 0.05) is 45.4 Å². The van der Waals surface area contributed by atoms with Crippen molar-refractivity contribution in [2.24, 2.45) is 11.3 Å². The van der Waals surface area contributed by atoms with Crippen LogP contribution >= 0.6 is 0 Å². The first kappa shape index (κ1) is 22.3. The molecule has 0 N–H and O–H groups in total. The summed E-state index contributed by atoms with van der Waals surface area (Å²) < 4.78 is 10.5. The number of hydrogen-bond donors (Lipinski definition) is 0. The van der Waals surface area contributed by atoms with E-state index in [2.05, 4.69) is 18.7 Å². The van der Waals surface area contributed by atoms with E-state index >= 15 is 0 Å². The van der Waals surface area contributed by atoms with Crippen molar-refractivity contribution in [1.82, 2.24) is 14.7 Å². The maximum atomic E-state index is 12.0. The molecule has 2 aliphatic heterocycles. The van der Waals surface area contributed by atoms with Crippen molar-refractivity contribution in [3.63, 3.8) is 0 Å². The SMILES string of the molecule is CCOC(=O)N1CCC2(CC(N3CCC(N(C=O)C(COC)C(C)C)CC3)C2)C1. The minimum Gasteiger partial charge on any atom is -0.450 e. The van der Waals surface area contributed by atoms with Crippen molar-refractivity contribution in [3.05, 3.63) is 0 Å². The molecule has 7 heteroatoms. The second-order valence-electron chi connectivity index (χ2n) is 9.52. The summed E-state index contributed by atoms with van der Waals surface area (Å²) in [5, 5.41) is 0. The smallest absolute Gasteiger partial charge is 0.409 e. The van der Waals surface area contributed by atoms with Crippen molar-refractivity contribution in [2.75, 3.05) is 46.5 Å². The predicted octanol–water partition coefficient (Wildman–Crippen LogP) is 2.59. The first-order valence-electron chi connectivity index (χ1n) is 11.3. The zero-order valence-electron chi connectivity index (χ0n) is 18.6. The van der Waals surface area contributed by atoms with Crippen molar-refractivity contribution in [3.8, 4) is 0 Å². The van der Waals surface area contributed by atoms with Gasteiger partial charge in [0.2, 0.25) is 6.41 Å². The molecule has 1 aliphatic carbocycles. The Morgan fingerprint density at radius 2 is 1.93 bits per heavy atom. The highest BCUT2D eigenvalue weighted by Crippen LogP contribution is 2.50. The van der Waals surface area contributed by atoms with Gasteiger partial charge in [0.15, 0.2) is 0 Å². The first-order valence-corrected chi connectivity index (χ1v) is 11.3. The number of likely N-dealkylation sites (tertiary alicyclic amines) is 2. The molecule has 2 heterocycles. The Balaban J connectivity index is 1.46. The van der Waals surface area contributed by atoms with Gasteiger partial charge < -0.3 is 24.2 Å². The van der Waals surface area contributed by atoms with Crippen LogP contribution < -0.4 is 0 Å². The molecule has 3 aliphatic rings. The van der Waals surface area contributed by atoms with Gasteiger partial charge in [0.05, 0.1) is 19.3 Å². The molecule has 0 aromatic carbocycles. The molecule has 1 spiro atoms. The lowest BCUT2D eigenvalue weighted by atomic mass is 9.64. The summed E-state index contributed by atoms with van der Waals surface area (Å²) in [4.78, 5) is 30.3. The lowest BCUT2D eigenvalue weighted by molar-refractivity contribution is -0.127. The Morgan fingerprint density at radius 1 is 1.24 bits per heavy atom. The number of methoxy groups -OCH3 is 1. The molecule has 2 saturated heterocycles. The summed E-state index contributed by atoms with van der Waals surface area (Å²) in [6, 6.07) is 1.09. The molecule has 0 aromatic rings. The molecule has 3 rings (SSSR count). The molecule has 29 heavy (non-hydrogen) atoms. The number of nitrogens with zero attached hydrogens (tertiary/aromatic N) is 3. The molecule has 0 radical (unpaired) electrons. The summed E-state index contributed by atoms with van der Waals surface area (Å²) in [5.41, 5.74) is 0.310. The minimum absolute atomic E-state index is 0.147. The molecule has 2 amide bonds. The molecule has 7 nitrogen and oxygen atoms in total. The fraction of sp³-hybridized carbons (Fsp3) is 0.909. The third-order valence-electron chi connectivity index (χ3n) is 7.35. The molecular weight excluding hydrogens is 370 g/mol. The van der Waals surface area contributed by atoms with Crippen molar-refractivity contribution >= 4 is 12.5 Å². The number of hydrogen-bond acceptors (Lipinski definition) is 5. The minimum atomic E-state index is -0.154. The molecule has 1 unspecified atom stereocenters. The van der Waals surface area contributed by atoms with E-state index < -0.39 is 0 Å². The number of carbonyl (C=O) groups excluding carboxylic acids is 2. The quantitative estimate of drug-likeness (QED) is 0.577. The Kier molecular flexibility index (Phi) is 7.43. The average Bonchev–Trinajstić information content (AvgIpc) is 3.13.